The Labute approximate surface area is 132 Å². The van der Waals surface area contributed by atoms with Gasteiger partial charge in [-0.05, 0) is 57.9 Å². The third-order valence-corrected chi connectivity index (χ3v) is 4.44. The molecular weight excluding hydrogens is 288 g/mol. The van der Waals surface area contributed by atoms with E-state index in [2.05, 4.69) is 17.3 Å². The van der Waals surface area contributed by atoms with Gasteiger partial charge in [0.1, 0.15) is 0 Å². The Bertz CT molecular complexity index is 460. The van der Waals surface area contributed by atoms with Crippen LogP contribution in [0.5, 0.6) is 11.5 Å². The number of rotatable bonds is 6. The molecule has 1 fully saturated rings. The molecule has 1 aromatic carbocycles. The summed E-state index contributed by atoms with van der Waals surface area (Å²) in [5, 5.41) is 14.0. The van der Waals surface area contributed by atoms with E-state index >= 15 is 0 Å². The monoisotopic (exact) mass is 312 g/mol. The highest BCUT2D eigenvalue weighted by molar-refractivity contribution is 6.30. The molecule has 1 aromatic rings. The molecule has 118 valence electrons. The minimum absolute atomic E-state index is 0.175. The second kappa shape index (κ2) is 7.87. The smallest absolute Gasteiger partial charge is 0.162 e. The van der Waals surface area contributed by atoms with Gasteiger partial charge in [-0.25, -0.2) is 0 Å². The molecule has 2 rings (SSSR count). The molecule has 0 saturated carbocycles. The van der Waals surface area contributed by atoms with E-state index in [1.165, 1.54) is 39.5 Å². The van der Waals surface area contributed by atoms with Crippen molar-refractivity contribution < 1.29 is 9.84 Å². The molecule has 4 nitrogen and oxygen atoms in total. The first kappa shape index (κ1) is 16.4. The average molecular weight is 313 g/mol. The normalized spacial score (nSPS) is 17.1. The first-order valence-electron chi connectivity index (χ1n) is 7.54. The third-order valence-electron chi connectivity index (χ3n) is 4.22. The van der Waals surface area contributed by atoms with Crippen LogP contribution in [0.4, 0.5) is 0 Å². The Morgan fingerprint density at radius 3 is 2.76 bits per heavy atom. The SMILES string of the molecule is COc1cc(Cl)cc(CNCCC2CCN(C)CC2)c1O. The summed E-state index contributed by atoms with van der Waals surface area (Å²) in [4.78, 5) is 2.39. The number of halogens is 1. The predicted molar refractivity (Wildman–Crippen MR) is 86.2 cm³/mol. The van der Waals surface area contributed by atoms with Crippen LogP contribution in [-0.2, 0) is 6.54 Å². The number of nitrogens with one attached hydrogen (secondary N) is 1. The molecule has 1 aliphatic rings. The van der Waals surface area contributed by atoms with Gasteiger partial charge in [0.25, 0.3) is 0 Å². The molecule has 0 atom stereocenters. The van der Waals surface area contributed by atoms with Gasteiger partial charge in [0.15, 0.2) is 11.5 Å². The lowest BCUT2D eigenvalue weighted by Gasteiger charge is -2.28. The molecule has 5 heteroatoms. The number of hydrogen-bond acceptors (Lipinski definition) is 4. The Morgan fingerprint density at radius 1 is 1.38 bits per heavy atom. The lowest BCUT2D eigenvalue weighted by atomic mass is 9.94. The van der Waals surface area contributed by atoms with Crippen molar-refractivity contribution in [3.63, 3.8) is 0 Å². The summed E-state index contributed by atoms with van der Waals surface area (Å²) in [5.41, 5.74) is 0.780. The zero-order valence-electron chi connectivity index (χ0n) is 12.9. The number of likely N-dealkylation sites (tertiary alicyclic amines) is 1. The minimum Gasteiger partial charge on any atom is -0.504 e. The van der Waals surface area contributed by atoms with Crippen molar-refractivity contribution in [3.8, 4) is 11.5 Å². The molecule has 1 saturated heterocycles. The van der Waals surface area contributed by atoms with Crippen LogP contribution < -0.4 is 10.1 Å². The van der Waals surface area contributed by atoms with Crippen molar-refractivity contribution in [2.24, 2.45) is 5.92 Å². The maximum atomic E-state index is 10.1. The van der Waals surface area contributed by atoms with Crippen LogP contribution in [0.25, 0.3) is 0 Å². The number of nitrogens with zero attached hydrogens (tertiary/aromatic N) is 1. The number of aromatic hydroxyl groups is 1. The van der Waals surface area contributed by atoms with Gasteiger partial charge in [0.05, 0.1) is 7.11 Å². The fourth-order valence-corrected chi connectivity index (χ4v) is 3.03. The van der Waals surface area contributed by atoms with Gasteiger partial charge in [0.2, 0.25) is 0 Å². The highest BCUT2D eigenvalue weighted by Crippen LogP contribution is 2.33. The molecule has 1 aliphatic heterocycles. The molecule has 0 spiro atoms. The summed E-state index contributed by atoms with van der Waals surface area (Å²) in [6, 6.07) is 3.40. The first-order chi connectivity index (χ1) is 10.1. The quantitative estimate of drug-likeness (QED) is 0.793. The number of hydrogen-bond donors (Lipinski definition) is 2. The van der Waals surface area contributed by atoms with E-state index in [-0.39, 0.29) is 5.75 Å². The Balaban J connectivity index is 1.77. The second-order valence-corrected chi connectivity index (χ2v) is 6.26. The van der Waals surface area contributed by atoms with E-state index in [1.807, 2.05) is 0 Å². The summed E-state index contributed by atoms with van der Waals surface area (Å²) in [7, 11) is 3.71. The van der Waals surface area contributed by atoms with E-state index < -0.39 is 0 Å². The largest absolute Gasteiger partial charge is 0.504 e. The van der Waals surface area contributed by atoms with E-state index in [1.54, 1.807) is 12.1 Å². The van der Waals surface area contributed by atoms with E-state index in [0.717, 1.165) is 18.0 Å². The molecular formula is C16H25ClN2O2. The number of methoxy groups -OCH3 is 1. The fourth-order valence-electron chi connectivity index (χ4n) is 2.80. The summed E-state index contributed by atoms with van der Waals surface area (Å²) in [6.07, 6.45) is 3.76. The first-order valence-corrected chi connectivity index (χ1v) is 7.92. The Morgan fingerprint density at radius 2 is 2.10 bits per heavy atom. The third kappa shape index (κ3) is 4.77. The van der Waals surface area contributed by atoms with Crippen LogP contribution in [0, 0.1) is 5.92 Å². The van der Waals surface area contributed by atoms with E-state index in [4.69, 9.17) is 16.3 Å². The van der Waals surface area contributed by atoms with Gasteiger partial charge in [0, 0.05) is 23.2 Å². The molecule has 0 unspecified atom stereocenters. The zero-order chi connectivity index (χ0) is 15.2. The lowest BCUT2D eigenvalue weighted by Crippen LogP contribution is -2.31. The second-order valence-electron chi connectivity index (χ2n) is 5.83. The molecule has 0 radical (unpaired) electrons. The van der Waals surface area contributed by atoms with Gasteiger partial charge in [-0.3, -0.25) is 0 Å². The Hall–Kier alpha value is -0.970. The highest BCUT2D eigenvalue weighted by Gasteiger charge is 2.16. The maximum Gasteiger partial charge on any atom is 0.162 e. The van der Waals surface area contributed by atoms with Crippen molar-refractivity contribution in [2.45, 2.75) is 25.8 Å². The number of piperidine rings is 1. The summed E-state index contributed by atoms with van der Waals surface area (Å²) in [5.74, 6) is 1.42. The number of phenolic OH excluding ortho intramolecular Hbond substituents is 1. The standard InChI is InChI=1S/C16H25ClN2O2/c1-19-7-4-12(5-8-19)3-6-18-11-13-9-14(17)10-15(21-2)16(13)20/h9-10,12,18,20H,3-8,11H2,1-2H3. The van der Waals surface area contributed by atoms with Crippen molar-refractivity contribution in [2.75, 3.05) is 33.8 Å². The maximum absolute atomic E-state index is 10.1. The van der Waals surface area contributed by atoms with Crippen LogP contribution in [0.1, 0.15) is 24.8 Å². The van der Waals surface area contributed by atoms with Gasteiger partial charge < -0.3 is 20.1 Å². The minimum atomic E-state index is 0.175. The fraction of sp³-hybridized carbons (Fsp3) is 0.625. The number of ether oxygens (including phenoxy) is 1. The molecule has 1 heterocycles. The summed E-state index contributed by atoms with van der Waals surface area (Å²) in [6.45, 7) is 3.98. The average Bonchev–Trinajstić information content (AvgIpc) is 2.48. The predicted octanol–water partition coefficient (Wildman–Crippen LogP) is 2.88. The van der Waals surface area contributed by atoms with Crippen LogP contribution in [-0.4, -0.2) is 43.8 Å². The molecule has 0 aromatic heterocycles. The van der Waals surface area contributed by atoms with E-state index in [0.29, 0.717) is 17.3 Å². The molecule has 0 aliphatic carbocycles. The van der Waals surface area contributed by atoms with Crippen molar-refractivity contribution >= 4 is 11.6 Å². The van der Waals surface area contributed by atoms with Gasteiger partial charge in [-0.1, -0.05) is 11.6 Å². The molecule has 21 heavy (non-hydrogen) atoms. The van der Waals surface area contributed by atoms with Crippen LogP contribution in [0.3, 0.4) is 0 Å². The topological polar surface area (TPSA) is 44.7 Å². The van der Waals surface area contributed by atoms with Crippen LogP contribution in [0.2, 0.25) is 5.02 Å². The number of phenols is 1. The molecule has 2 N–H and O–H groups in total. The van der Waals surface area contributed by atoms with Crippen molar-refractivity contribution in [1.29, 1.82) is 0 Å². The highest BCUT2D eigenvalue weighted by atomic mass is 35.5. The van der Waals surface area contributed by atoms with Gasteiger partial charge >= 0.3 is 0 Å². The summed E-state index contributed by atoms with van der Waals surface area (Å²) < 4.78 is 5.11. The van der Waals surface area contributed by atoms with E-state index in [9.17, 15) is 5.11 Å². The van der Waals surface area contributed by atoms with Crippen LogP contribution in [0.15, 0.2) is 12.1 Å². The Kier molecular flexibility index (Phi) is 6.15. The number of benzene rings is 1. The van der Waals surface area contributed by atoms with Crippen molar-refractivity contribution in [1.82, 2.24) is 10.2 Å². The lowest BCUT2D eigenvalue weighted by molar-refractivity contribution is 0.211. The van der Waals surface area contributed by atoms with Gasteiger partial charge in [-0.15, -0.1) is 0 Å². The zero-order valence-corrected chi connectivity index (χ0v) is 13.6. The van der Waals surface area contributed by atoms with Crippen molar-refractivity contribution in [3.05, 3.63) is 22.7 Å². The van der Waals surface area contributed by atoms with Gasteiger partial charge in [-0.2, -0.15) is 0 Å². The molecule has 0 amide bonds. The van der Waals surface area contributed by atoms with Crippen LogP contribution >= 0.6 is 11.6 Å². The summed E-state index contributed by atoms with van der Waals surface area (Å²) >= 11 is 6.03. The molecule has 0 bridgehead atoms.